The van der Waals surface area contributed by atoms with Crippen molar-refractivity contribution in [3.63, 3.8) is 0 Å². The van der Waals surface area contributed by atoms with Crippen LogP contribution in [0, 0.1) is 0 Å². The predicted octanol–water partition coefficient (Wildman–Crippen LogP) is 0.545. The molecule has 0 aliphatic carbocycles. The molecule has 0 spiro atoms. The van der Waals surface area contributed by atoms with Crippen molar-refractivity contribution < 1.29 is 28.8 Å². The van der Waals surface area contributed by atoms with E-state index in [0.29, 0.717) is 19.6 Å². The second-order valence-corrected chi connectivity index (χ2v) is 12.3. The Morgan fingerprint density at radius 1 is 0.482 bits per heavy atom. The average molecular weight is 771 g/mol. The largest absolute Gasteiger partial charge is 0.351 e. The maximum absolute atomic E-state index is 12.9. The van der Waals surface area contributed by atoms with Gasteiger partial charge >= 0.3 is 0 Å². The highest BCUT2D eigenvalue weighted by atomic mass is 16.2. The number of aryl methyl sites for hydroxylation is 3. The van der Waals surface area contributed by atoms with E-state index in [1.54, 1.807) is 89.6 Å². The van der Waals surface area contributed by atoms with Crippen LogP contribution in [0.25, 0.3) is 0 Å². The summed E-state index contributed by atoms with van der Waals surface area (Å²) in [7, 11) is 0. The topological polar surface area (TPSA) is 204 Å². The van der Waals surface area contributed by atoms with Crippen molar-refractivity contribution in [2.24, 2.45) is 0 Å². The highest BCUT2D eigenvalue weighted by Gasteiger charge is 2.32. The van der Waals surface area contributed by atoms with E-state index in [2.05, 4.69) is 44.7 Å². The molecule has 56 heavy (non-hydrogen) atoms. The van der Waals surface area contributed by atoms with Crippen molar-refractivity contribution in [1.29, 1.82) is 0 Å². The molecule has 2 aliphatic heterocycles. The third kappa shape index (κ3) is 12.8. The minimum Gasteiger partial charge on any atom is -0.351 e. The molecule has 0 saturated carbocycles. The van der Waals surface area contributed by atoms with E-state index < -0.39 is 0 Å². The summed E-state index contributed by atoms with van der Waals surface area (Å²) in [6.45, 7) is 12.4. The molecule has 6 heterocycles. The van der Waals surface area contributed by atoms with Crippen LogP contribution >= 0.6 is 0 Å². The summed E-state index contributed by atoms with van der Waals surface area (Å²) in [5.74, 6) is -1.41. The number of aromatic amines is 1. The van der Waals surface area contributed by atoms with Gasteiger partial charge in [0.2, 0.25) is 35.4 Å². The summed E-state index contributed by atoms with van der Waals surface area (Å²) in [5, 5.41) is 0. The molecule has 0 atom stereocenters. The number of carbonyl (C=O) groups is 6. The molecular weight excluding hydrogens is 724 g/mol. The smallest absolute Gasteiger partial charge is 0.248 e. The van der Waals surface area contributed by atoms with Gasteiger partial charge in [0.15, 0.2) is 0 Å². The molecular formula is C36H46N14O6. The lowest BCUT2D eigenvalue weighted by atomic mass is 10.3. The van der Waals surface area contributed by atoms with Gasteiger partial charge in [-0.3, -0.25) is 28.8 Å². The molecule has 0 unspecified atom stereocenters. The normalized spacial score (nSPS) is 13.8. The van der Waals surface area contributed by atoms with Gasteiger partial charge in [0.25, 0.3) is 0 Å². The highest BCUT2D eigenvalue weighted by Crippen LogP contribution is 2.14. The summed E-state index contributed by atoms with van der Waals surface area (Å²) >= 11 is 0. The molecule has 6 rings (SSSR count). The number of nitrogens with one attached hydrogen (secondary N) is 1. The molecule has 1 N–H and O–H groups in total. The van der Waals surface area contributed by atoms with Crippen LogP contribution in [-0.2, 0) is 48.4 Å². The Balaban J connectivity index is 0.000000252. The van der Waals surface area contributed by atoms with Gasteiger partial charge in [0, 0.05) is 88.5 Å². The van der Waals surface area contributed by atoms with Crippen LogP contribution < -0.4 is 0 Å². The second kappa shape index (κ2) is 21.5. The molecule has 6 amide bonds. The van der Waals surface area contributed by atoms with Crippen molar-refractivity contribution in [1.82, 2.24) is 68.0 Å². The van der Waals surface area contributed by atoms with Gasteiger partial charge in [-0.1, -0.05) is 19.7 Å². The maximum atomic E-state index is 12.9. The Labute approximate surface area is 323 Å². The molecule has 2 saturated heterocycles. The first kappa shape index (κ1) is 41.6. The lowest BCUT2D eigenvalue weighted by molar-refractivity contribution is -0.159. The first-order valence-corrected chi connectivity index (χ1v) is 17.5. The average Bonchev–Trinajstić information content (AvgIpc) is 4.10. The summed E-state index contributed by atoms with van der Waals surface area (Å²) < 4.78 is 5.47. The monoisotopic (exact) mass is 770 g/mol. The van der Waals surface area contributed by atoms with E-state index in [0.717, 1.165) is 18.2 Å². The van der Waals surface area contributed by atoms with Crippen LogP contribution in [0.15, 0.2) is 113 Å². The summed E-state index contributed by atoms with van der Waals surface area (Å²) in [6.07, 6.45) is 24.6. The number of H-pyrrole nitrogens is 1. The number of rotatable bonds is 12. The third-order valence-electron chi connectivity index (χ3n) is 8.40. The van der Waals surface area contributed by atoms with E-state index in [1.165, 1.54) is 14.7 Å². The fourth-order valence-corrected chi connectivity index (χ4v) is 5.40. The van der Waals surface area contributed by atoms with E-state index in [-0.39, 0.29) is 94.7 Å². The van der Waals surface area contributed by atoms with Crippen molar-refractivity contribution in [2.45, 2.75) is 38.9 Å². The van der Waals surface area contributed by atoms with Crippen LogP contribution in [-0.4, -0.2) is 143 Å². The van der Waals surface area contributed by atoms with Crippen molar-refractivity contribution in [3.05, 3.63) is 113 Å². The van der Waals surface area contributed by atoms with Gasteiger partial charge in [0.1, 0.15) is 0 Å². The Kier molecular flexibility index (Phi) is 16.0. The van der Waals surface area contributed by atoms with E-state index in [4.69, 9.17) is 0 Å². The molecule has 4 aromatic rings. The first-order valence-electron chi connectivity index (χ1n) is 17.5. The van der Waals surface area contributed by atoms with Crippen LogP contribution in [0.3, 0.4) is 0 Å². The number of nitrogens with zero attached hydrogens (tertiary/aromatic N) is 13. The molecule has 4 aromatic heterocycles. The van der Waals surface area contributed by atoms with Gasteiger partial charge < -0.3 is 48.1 Å². The van der Waals surface area contributed by atoms with Crippen LogP contribution in [0.5, 0.6) is 0 Å². The van der Waals surface area contributed by atoms with Crippen molar-refractivity contribution in [2.75, 3.05) is 40.0 Å². The summed E-state index contributed by atoms with van der Waals surface area (Å²) in [5.41, 5.74) is 0. The Bertz CT molecular complexity index is 1650. The fourth-order valence-electron chi connectivity index (χ4n) is 5.40. The summed E-state index contributed by atoms with van der Waals surface area (Å²) in [4.78, 5) is 100. The molecule has 0 aromatic carbocycles. The highest BCUT2D eigenvalue weighted by molar-refractivity contribution is 5.92. The first-order chi connectivity index (χ1) is 27.1. The number of hydrogen-bond donors (Lipinski definition) is 1. The van der Waals surface area contributed by atoms with Gasteiger partial charge in [-0.2, -0.15) is 0 Å². The van der Waals surface area contributed by atoms with E-state index in [9.17, 15) is 28.8 Å². The lowest BCUT2D eigenvalue weighted by Gasteiger charge is -2.42. The van der Waals surface area contributed by atoms with Gasteiger partial charge in [-0.05, 0) is 18.2 Å². The molecule has 296 valence electrons. The number of hydrogen-bond acceptors (Lipinski definition) is 10. The molecule has 2 aliphatic rings. The number of carbonyl (C=O) groups excluding carboxylic acids is 6. The Morgan fingerprint density at radius 2 is 0.804 bits per heavy atom. The van der Waals surface area contributed by atoms with Crippen LogP contribution in [0.2, 0.25) is 0 Å². The molecule has 2 fully saturated rings. The summed E-state index contributed by atoms with van der Waals surface area (Å²) in [6, 6.07) is 0. The van der Waals surface area contributed by atoms with E-state index >= 15 is 0 Å². The molecule has 20 heteroatoms. The van der Waals surface area contributed by atoms with Gasteiger partial charge in [0.05, 0.1) is 65.3 Å². The fraction of sp³-hybridized carbons (Fsp3) is 0.333. The minimum absolute atomic E-state index is 0.108. The number of amides is 6. The quantitative estimate of drug-likeness (QED) is 0.198. The lowest BCUT2D eigenvalue weighted by Crippen LogP contribution is -2.59. The zero-order valence-corrected chi connectivity index (χ0v) is 31.0. The van der Waals surface area contributed by atoms with Crippen LogP contribution in [0.1, 0.15) is 19.3 Å². The predicted molar refractivity (Wildman–Crippen MR) is 200 cm³/mol. The zero-order chi connectivity index (χ0) is 40.3. The van der Waals surface area contributed by atoms with Crippen molar-refractivity contribution in [3.8, 4) is 0 Å². The number of imidazole rings is 4. The second-order valence-electron chi connectivity index (χ2n) is 12.3. The molecule has 20 nitrogen and oxygen atoms in total. The maximum Gasteiger partial charge on any atom is 0.248 e. The Hall–Kier alpha value is -7.12. The minimum atomic E-state index is -0.349. The zero-order valence-electron chi connectivity index (χ0n) is 31.0. The number of aromatic nitrogens is 8. The van der Waals surface area contributed by atoms with E-state index in [1.807, 2.05) is 13.7 Å². The molecule has 0 radical (unpaired) electrons. The molecule has 0 bridgehead atoms. The van der Waals surface area contributed by atoms with Gasteiger partial charge in [-0.15, -0.1) is 0 Å². The Morgan fingerprint density at radius 3 is 1.02 bits per heavy atom. The third-order valence-corrected chi connectivity index (χ3v) is 8.40. The van der Waals surface area contributed by atoms with Crippen LogP contribution in [0.4, 0.5) is 0 Å². The van der Waals surface area contributed by atoms with Crippen molar-refractivity contribution >= 4 is 35.4 Å². The standard InChI is InChI=1S/C21H27N9O3.C12H15N3O3.C3H4N2/c31-19(1-7-25-10-4-22-13-25)28-16-29(20(32)2-8-26-11-5-23-14-26)18-30(17-28)21(33)3-9-27-12-6-24-15-27;1-4-10(16)13-7-14(11(17)5-2)9-15(8-13)12(18)6-3;1-2-5-3-4-1/h4-6,10-15H,1-3,7-9,16-18H2;4-6H,1-3,7-9H2;1-3H,(H,4,5). The van der Waals surface area contributed by atoms with Gasteiger partial charge in [-0.25, -0.2) is 19.9 Å². The SMILES string of the molecule is C=CC(=O)N1CN(C(=O)C=C)CN(C(=O)C=C)C1.O=C(CCn1ccnc1)N1CN(C(=O)CCn2ccnc2)CN(C(=O)CCn2ccnc2)C1.c1c[nH]cn1.